The van der Waals surface area contributed by atoms with Crippen LogP contribution in [0.4, 0.5) is 0 Å². The molecule has 4 heteroatoms. The van der Waals surface area contributed by atoms with Crippen molar-refractivity contribution < 1.29 is 4.57 Å². The lowest BCUT2D eigenvalue weighted by Crippen LogP contribution is -2.05. The van der Waals surface area contributed by atoms with E-state index in [-0.39, 0.29) is 0 Å². The van der Waals surface area contributed by atoms with Gasteiger partial charge in [0.05, 0.1) is 16.7 Å². The molecule has 0 bridgehead atoms. The Labute approximate surface area is 175 Å². The van der Waals surface area contributed by atoms with Gasteiger partial charge in [0.1, 0.15) is 13.0 Å². The first-order valence-corrected chi connectivity index (χ1v) is 12.8. The fraction of sp³-hybridized carbons (Fsp3) is 0.115. The zero-order valence-electron chi connectivity index (χ0n) is 17.0. The van der Waals surface area contributed by atoms with Crippen LogP contribution in [0.1, 0.15) is 11.1 Å². The maximum absolute atomic E-state index is 12.8. The third-order valence-corrected chi connectivity index (χ3v) is 7.66. The lowest BCUT2D eigenvalue weighted by molar-refractivity contribution is 0.588. The summed E-state index contributed by atoms with van der Waals surface area (Å²) in [6.45, 7) is 3.66. The number of nitrogens with zero attached hydrogens (tertiary/aromatic N) is 2. The second-order valence-electron chi connectivity index (χ2n) is 8.41. The van der Waals surface area contributed by atoms with Crippen LogP contribution in [0.2, 0.25) is 0 Å². The lowest BCUT2D eigenvalue weighted by Gasteiger charge is -2.13. The van der Waals surface area contributed by atoms with Crippen molar-refractivity contribution in [2.45, 2.75) is 6.42 Å². The van der Waals surface area contributed by atoms with Crippen LogP contribution >= 0.6 is 7.14 Å². The smallest absolute Gasteiger partial charge is 0.146 e. The molecule has 4 aromatic carbocycles. The molecule has 1 aromatic heterocycles. The quantitative estimate of drug-likeness (QED) is 0.313. The van der Waals surface area contributed by atoms with Gasteiger partial charge in [0.25, 0.3) is 0 Å². The highest BCUT2D eigenvalue weighted by Gasteiger charge is 2.25. The summed E-state index contributed by atoms with van der Waals surface area (Å²) in [4.78, 5) is 5.03. The third-order valence-electron chi connectivity index (χ3n) is 6.14. The minimum absolute atomic E-state index is 0.821. The Morgan fingerprint density at radius 1 is 0.900 bits per heavy atom. The molecule has 1 aliphatic rings. The van der Waals surface area contributed by atoms with Crippen LogP contribution in [0, 0.1) is 0 Å². The molecule has 6 rings (SSSR count). The van der Waals surface area contributed by atoms with E-state index in [0.717, 1.165) is 34.1 Å². The van der Waals surface area contributed by atoms with E-state index in [4.69, 9.17) is 4.98 Å². The van der Waals surface area contributed by atoms with Gasteiger partial charge in [-0.2, -0.15) is 0 Å². The van der Waals surface area contributed by atoms with Crippen LogP contribution < -0.4 is 5.30 Å². The number of rotatable bonds is 1. The summed E-state index contributed by atoms with van der Waals surface area (Å²) < 4.78 is 15.1. The first kappa shape index (κ1) is 17.7. The summed E-state index contributed by atoms with van der Waals surface area (Å²) in [5.41, 5.74) is 6.85. The zero-order valence-corrected chi connectivity index (χ0v) is 17.9. The molecule has 0 atom stereocenters. The molecule has 0 saturated carbocycles. The van der Waals surface area contributed by atoms with E-state index in [2.05, 4.69) is 71.3 Å². The van der Waals surface area contributed by atoms with Gasteiger partial charge in [-0.05, 0) is 59.5 Å². The van der Waals surface area contributed by atoms with Gasteiger partial charge >= 0.3 is 0 Å². The highest BCUT2D eigenvalue weighted by Crippen LogP contribution is 2.41. The Kier molecular flexibility index (Phi) is 3.63. The molecule has 5 aromatic rings. The Hall–Kier alpha value is -3.16. The van der Waals surface area contributed by atoms with Crippen molar-refractivity contribution >= 4 is 34.3 Å². The van der Waals surface area contributed by atoms with Gasteiger partial charge in [-0.15, -0.1) is 0 Å². The predicted octanol–water partition coefficient (Wildman–Crippen LogP) is 6.00. The number of aromatic nitrogens is 2. The molecule has 0 unspecified atom stereocenters. The molecule has 0 amide bonds. The molecule has 0 radical (unpaired) electrons. The van der Waals surface area contributed by atoms with E-state index in [1.807, 2.05) is 25.5 Å². The van der Waals surface area contributed by atoms with Gasteiger partial charge in [0.2, 0.25) is 0 Å². The first-order chi connectivity index (χ1) is 14.5. The van der Waals surface area contributed by atoms with E-state index in [9.17, 15) is 4.57 Å². The second-order valence-corrected chi connectivity index (χ2v) is 11.6. The fourth-order valence-corrected chi connectivity index (χ4v) is 5.50. The molecule has 0 fully saturated rings. The average molecular weight is 408 g/mol. The summed E-state index contributed by atoms with van der Waals surface area (Å²) in [5, 5.41) is 3.41. The van der Waals surface area contributed by atoms with E-state index < -0.39 is 7.14 Å². The van der Waals surface area contributed by atoms with Crippen LogP contribution in [0.5, 0.6) is 0 Å². The van der Waals surface area contributed by atoms with Crippen molar-refractivity contribution in [2.75, 3.05) is 13.3 Å². The molecule has 0 saturated heterocycles. The predicted molar refractivity (Wildman–Crippen MR) is 126 cm³/mol. The number of fused-ring (bicyclic) bond motifs is 9. The largest absolute Gasteiger partial charge is 0.319 e. The van der Waals surface area contributed by atoms with Crippen molar-refractivity contribution in [2.24, 2.45) is 0 Å². The minimum atomic E-state index is -2.37. The summed E-state index contributed by atoms with van der Waals surface area (Å²) >= 11 is 0. The molecule has 0 N–H and O–H groups in total. The molecule has 0 spiro atoms. The van der Waals surface area contributed by atoms with Crippen molar-refractivity contribution in [1.82, 2.24) is 9.55 Å². The summed E-state index contributed by atoms with van der Waals surface area (Å²) in [6.07, 6.45) is 0.821. The fourth-order valence-electron chi connectivity index (χ4n) is 4.62. The van der Waals surface area contributed by atoms with Gasteiger partial charge < -0.3 is 4.57 Å². The lowest BCUT2D eigenvalue weighted by atomic mass is 9.95. The first-order valence-electron chi connectivity index (χ1n) is 10.2. The van der Waals surface area contributed by atoms with E-state index in [1.54, 1.807) is 0 Å². The van der Waals surface area contributed by atoms with Crippen LogP contribution in [-0.2, 0) is 11.0 Å². The number of benzene rings is 4. The normalized spacial score (nSPS) is 13.0. The van der Waals surface area contributed by atoms with Gasteiger partial charge in [0.15, 0.2) is 0 Å². The molecule has 1 aliphatic heterocycles. The molecular weight excluding hydrogens is 387 g/mol. The molecule has 0 aliphatic carbocycles. The number of hydrogen-bond acceptors (Lipinski definition) is 2. The molecule has 30 heavy (non-hydrogen) atoms. The SMILES string of the molecule is CP(C)(=O)c1ccc2c(c1)-c1nc3ccccc3n1-c1ccc3ccccc3c1C2. The van der Waals surface area contributed by atoms with Gasteiger partial charge in [-0.1, -0.05) is 54.6 Å². The summed E-state index contributed by atoms with van der Waals surface area (Å²) in [7, 11) is -2.37. The van der Waals surface area contributed by atoms with E-state index >= 15 is 0 Å². The number of imidazole rings is 1. The maximum atomic E-state index is 12.8. The number of hydrogen-bond donors (Lipinski definition) is 0. The summed E-state index contributed by atoms with van der Waals surface area (Å²) in [5.74, 6) is 0.926. The highest BCUT2D eigenvalue weighted by molar-refractivity contribution is 7.70. The summed E-state index contributed by atoms with van der Waals surface area (Å²) in [6, 6.07) is 27.5. The average Bonchev–Trinajstić information content (AvgIpc) is 3.06. The second kappa shape index (κ2) is 6.17. The van der Waals surface area contributed by atoms with Crippen LogP contribution in [0.15, 0.2) is 78.9 Å². The van der Waals surface area contributed by atoms with E-state index in [0.29, 0.717) is 0 Å². The standard InChI is InChI=1S/C26H21N2OP/c1-30(2,29)19-13-11-18-15-22-20-8-4-3-7-17(20)12-14-24(22)28-25-10-6-5-9-23(25)27-26(28)21(18)16-19/h3-14,16H,15H2,1-2H3. The topological polar surface area (TPSA) is 34.9 Å². The zero-order chi connectivity index (χ0) is 20.5. The van der Waals surface area contributed by atoms with Crippen molar-refractivity contribution in [3.63, 3.8) is 0 Å². The Morgan fingerprint density at radius 2 is 1.70 bits per heavy atom. The van der Waals surface area contributed by atoms with Gasteiger partial charge in [0, 0.05) is 17.3 Å². The minimum Gasteiger partial charge on any atom is -0.319 e. The van der Waals surface area contributed by atoms with Crippen molar-refractivity contribution in [3.05, 3.63) is 90.0 Å². The van der Waals surface area contributed by atoms with Gasteiger partial charge in [-0.25, -0.2) is 4.98 Å². The Morgan fingerprint density at radius 3 is 2.57 bits per heavy atom. The maximum Gasteiger partial charge on any atom is 0.146 e. The van der Waals surface area contributed by atoms with E-state index in [1.165, 1.54) is 27.6 Å². The molecule has 3 nitrogen and oxygen atoms in total. The third kappa shape index (κ3) is 2.52. The van der Waals surface area contributed by atoms with Crippen molar-refractivity contribution in [1.29, 1.82) is 0 Å². The molecule has 146 valence electrons. The highest BCUT2D eigenvalue weighted by atomic mass is 31.2. The van der Waals surface area contributed by atoms with Crippen LogP contribution in [-0.4, -0.2) is 22.9 Å². The molecular formula is C26H21N2OP. The Balaban J connectivity index is 1.78. The molecule has 2 heterocycles. The Bertz CT molecular complexity index is 1520. The van der Waals surface area contributed by atoms with Crippen molar-refractivity contribution in [3.8, 4) is 17.1 Å². The number of para-hydroxylation sites is 2. The van der Waals surface area contributed by atoms with Crippen LogP contribution in [0.3, 0.4) is 0 Å². The van der Waals surface area contributed by atoms with Crippen LogP contribution in [0.25, 0.3) is 38.9 Å². The van der Waals surface area contributed by atoms with Gasteiger partial charge in [-0.3, -0.25) is 4.57 Å². The monoisotopic (exact) mass is 408 g/mol.